The zero-order valence-corrected chi connectivity index (χ0v) is 17.2. The van der Waals surface area contributed by atoms with Crippen molar-refractivity contribution in [1.82, 2.24) is 25.0 Å². The summed E-state index contributed by atoms with van der Waals surface area (Å²) in [5.41, 5.74) is 14.3. The summed E-state index contributed by atoms with van der Waals surface area (Å²) >= 11 is 0. The highest BCUT2D eigenvalue weighted by molar-refractivity contribution is 5.96. The van der Waals surface area contributed by atoms with E-state index in [2.05, 4.69) is 30.9 Å². The molecule has 0 radical (unpaired) electrons. The van der Waals surface area contributed by atoms with Gasteiger partial charge < -0.3 is 22.1 Å². The van der Waals surface area contributed by atoms with Gasteiger partial charge in [0, 0.05) is 35.9 Å². The molecule has 1 fully saturated rings. The summed E-state index contributed by atoms with van der Waals surface area (Å²) in [6.07, 6.45) is 6.15. The molecule has 30 heavy (non-hydrogen) atoms. The van der Waals surface area contributed by atoms with Crippen molar-refractivity contribution < 1.29 is 4.79 Å². The number of fused-ring (bicyclic) bond motifs is 1. The number of rotatable bonds is 6. The number of anilines is 3. The lowest BCUT2D eigenvalue weighted by Crippen LogP contribution is -2.43. The first-order chi connectivity index (χ1) is 14.4. The molecule has 1 aliphatic rings. The maximum absolute atomic E-state index is 11.9. The molecule has 3 aromatic rings. The second kappa shape index (κ2) is 8.23. The smallest absolute Gasteiger partial charge is 0.273 e. The number of aryl methyl sites for hydroxylation is 2. The van der Waals surface area contributed by atoms with E-state index in [1.807, 2.05) is 36.9 Å². The SMILES string of the molecule is CCn1cc2c(C)cc(Nc3nc(N[C@@H]4CCCC[C@@H]4N)nnc3C(N)=O)cc2n1. The van der Waals surface area contributed by atoms with Gasteiger partial charge in [-0.25, -0.2) is 0 Å². The summed E-state index contributed by atoms with van der Waals surface area (Å²) in [7, 11) is 0. The minimum Gasteiger partial charge on any atom is -0.364 e. The molecule has 10 heteroatoms. The predicted molar refractivity (Wildman–Crippen MR) is 116 cm³/mol. The first kappa shape index (κ1) is 20.0. The molecule has 2 aromatic heterocycles. The lowest BCUT2D eigenvalue weighted by atomic mass is 9.91. The Morgan fingerprint density at radius 1 is 1.27 bits per heavy atom. The van der Waals surface area contributed by atoms with Crippen molar-refractivity contribution in [2.24, 2.45) is 11.5 Å². The standard InChI is InChI=1S/C20H27N9O/c1-3-29-10-13-11(2)8-12(9-16(13)28-29)23-19-17(18(22)30)26-27-20(25-19)24-15-7-5-4-6-14(15)21/h8-10,14-15H,3-7,21H2,1-2H3,(H2,22,30)(H2,23,24,25,27)/t14-,15+/m0/s1. The first-order valence-electron chi connectivity index (χ1n) is 10.3. The number of aromatic nitrogens is 5. The van der Waals surface area contributed by atoms with Gasteiger partial charge in [-0.1, -0.05) is 12.8 Å². The van der Waals surface area contributed by atoms with Gasteiger partial charge in [-0.15, -0.1) is 10.2 Å². The predicted octanol–water partition coefficient (Wildman–Crippen LogP) is 2.07. The molecule has 1 saturated carbocycles. The normalized spacial score (nSPS) is 19.0. The Kier molecular flexibility index (Phi) is 5.49. The number of nitrogens with zero attached hydrogens (tertiary/aromatic N) is 5. The third kappa shape index (κ3) is 4.04. The molecule has 0 unspecified atom stereocenters. The fraction of sp³-hybridized carbons (Fsp3) is 0.450. The van der Waals surface area contributed by atoms with Crippen molar-refractivity contribution in [3.63, 3.8) is 0 Å². The van der Waals surface area contributed by atoms with E-state index < -0.39 is 5.91 Å². The summed E-state index contributed by atoms with van der Waals surface area (Å²) in [4.78, 5) is 16.3. The molecule has 6 N–H and O–H groups in total. The van der Waals surface area contributed by atoms with E-state index in [4.69, 9.17) is 11.5 Å². The number of benzene rings is 1. The molecule has 1 aromatic carbocycles. The fourth-order valence-electron chi connectivity index (χ4n) is 3.86. The Morgan fingerprint density at radius 2 is 2.07 bits per heavy atom. The van der Waals surface area contributed by atoms with Crippen LogP contribution in [0.25, 0.3) is 10.9 Å². The van der Waals surface area contributed by atoms with Gasteiger partial charge in [0.25, 0.3) is 5.91 Å². The van der Waals surface area contributed by atoms with Crippen LogP contribution >= 0.6 is 0 Å². The molecule has 4 rings (SSSR count). The summed E-state index contributed by atoms with van der Waals surface area (Å²) in [6.45, 7) is 4.84. The lowest BCUT2D eigenvalue weighted by molar-refractivity contribution is 0.0995. The van der Waals surface area contributed by atoms with E-state index in [0.717, 1.165) is 54.4 Å². The zero-order chi connectivity index (χ0) is 21.3. The van der Waals surface area contributed by atoms with Crippen LogP contribution in [0.5, 0.6) is 0 Å². The Bertz CT molecular complexity index is 1080. The topological polar surface area (TPSA) is 150 Å². The molecule has 1 aliphatic carbocycles. The monoisotopic (exact) mass is 409 g/mol. The molecular formula is C20H27N9O. The first-order valence-corrected chi connectivity index (χ1v) is 10.3. The van der Waals surface area contributed by atoms with Gasteiger partial charge in [0.15, 0.2) is 11.5 Å². The Morgan fingerprint density at radius 3 is 2.80 bits per heavy atom. The Labute approximate surface area is 174 Å². The summed E-state index contributed by atoms with van der Waals surface area (Å²) in [6, 6.07) is 3.99. The van der Waals surface area contributed by atoms with Crippen LogP contribution in [0.1, 0.15) is 48.7 Å². The van der Waals surface area contributed by atoms with E-state index in [0.29, 0.717) is 5.95 Å². The number of hydrogen-bond donors (Lipinski definition) is 4. The van der Waals surface area contributed by atoms with Gasteiger partial charge in [0.05, 0.1) is 5.52 Å². The van der Waals surface area contributed by atoms with Crippen LogP contribution in [0.2, 0.25) is 0 Å². The fourth-order valence-corrected chi connectivity index (χ4v) is 3.86. The maximum Gasteiger partial charge on any atom is 0.273 e. The minimum absolute atomic E-state index is 0.0228. The third-order valence-electron chi connectivity index (χ3n) is 5.52. The zero-order valence-electron chi connectivity index (χ0n) is 17.2. The summed E-state index contributed by atoms with van der Waals surface area (Å²) < 4.78 is 1.89. The van der Waals surface area contributed by atoms with Gasteiger partial charge in [0.1, 0.15) is 0 Å². The molecule has 0 aliphatic heterocycles. The van der Waals surface area contributed by atoms with Crippen molar-refractivity contribution in [2.75, 3.05) is 10.6 Å². The number of hydrogen-bond acceptors (Lipinski definition) is 8. The molecular weight excluding hydrogens is 382 g/mol. The van der Waals surface area contributed by atoms with Crippen LogP contribution in [-0.2, 0) is 6.54 Å². The van der Waals surface area contributed by atoms with Gasteiger partial charge in [0.2, 0.25) is 5.95 Å². The van der Waals surface area contributed by atoms with E-state index in [1.165, 1.54) is 0 Å². The third-order valence-corrected chi connectivity index (χ3v) is 5.52. The van der Waals surface area contributed by atoms with Crippen LogP contribution < -0.4 is 22.1 Å². The molecule has 2 atom stereocenters. The number of nitrogens with two attached hydrogens (primary N) is 2. The van der Waals surface area contributed by atoms with Crippen LogP contribution in [0.3, 0.4) is 0 Å². The van der Waals surface area contributed by atoms with Crippen LogP contribution in [0.4, 0.5) is 17.5 Å². The molecule has 0 spiro atoms. The van der Waals surface area contributed by atoms with Crippen LogP contribution in [0, 0.1) is 6.92 Å². The number of carbonyl (C=O) groups excluding carboxylic acids is 1. The second-order valence-corrected chi connectivity index (χ2v) is 7.73. The molecule has 0 bridgehead atoms. The summed E-state index contributed by atoms with van der Waals surface area (Å²) in [5.74, 6) is -0.137. The van der Waals surface area contributed by atoms with Crippen LogP contribution in [-0.4, -0.2) is 43.0 Å². The van der Waals surface area contributed by atoms with Gasteiger partial charge in [-0.05, 0) is 44.4 Å². The van der Waals surface area contributed by atoms with Crippen molar-refractivity contribution in [3.8, 4) is 0 Å². The highest BCUT2D eigenvalue weighted by atomic mass is 16.1. The molecule has 10 nitrogen and oxygen atoms in total. The van der Waals surface area contributed by atoms with E-state index >= 15 is 0 Å². The number of primary amides is 1. The second-order valence-electron chi connectivity index (χ2n) is 7.73. The van der Waals surface area contributed by atoms with Crippen molar-refractivity contribution in [3.05, 3.63) is 29.6 Å². The Hall–Kier alpha value is -3.27. The summed E-state index contributed by atoms with van der Waals surface area (Å²) in [5, 5.41) is 20.1. The average molecular weight is 409 g/mol. The lowest BCUT2D eigenvalue weighted by Gasteiger charge is -2.29. The maximum atomic E-state index is 11.9. The largest absolute Gasteiger partial charge is 0.364 e. The van der Waals surface area contributed by atoms with Gasteiger partial charge in [-0.2, -0.15) is 10.1 Å². The number of carbonyl (C=O) groups is 1. The average Bonchev–Trinajstić information content (AvgIpc) is 3.14. The quantitative estimate of drug-likeness (QED) is 0.483. The highest BCUT2D eigenvalue weighted by Gasteiger charge is 2.23. The molecule has 2 heterocycles. The number of nitrogens with one attached hydrogen (secondary N) is 2. The minimum atomic E-state index is -0.702. The van der Waals surface area contributed by atoms with E-state index in [9.17, 15) is 4.79 Å². The van der Waals surface area contributed by atoms with Crippen LogP contribution in [0.15, 0.2) is 18.3 Å². The Balaban J connectivity index is 1.65. The van der Waals surface area contributed by atoms with E-state index in [1.54, 1.807) is 0 Å². The van der Waals surface area contributed by atoms with Crippen molar-refractivity contribution in [2.45, 2.75) is 58.2 Å². The van der Waals surface area contributed by atoms with Crippen molar-refractivity contribution in [1.29, 1.82) is 0 Å². The number of amides is 1. The van der Waals surface area contributed by atoms with Crippen molar-refractivity contribution >= 4 is 34.3 Å². The van der Waals surface area contributed by atoms with E-state index in [-0.39, 0.29) is 23.6 Å². The molecule has 1 amide bonds. The molecule has 0 saturated heterocycles. The van der Waals surface area contributed by atoms with Gasteiger partial charge >= 0.3 is 0 Å². The van der Waals surface area contributed by atoms with Gasteiger partial charge in [-0.3, -0.25) is 9.48 Å². The highest BCUT2D eigenvalue weighted by Crippen LogP contribution is 2.26. The molecule has 158 valence electrons.